The summed E-state index contributed by atoms with van der Waals surface area (Å²) >= 11 is 1.15. The second-order valence-electron chi connectivity index (χ2n) is 5.41. The Morgan fingerprint density at radius 3 is 2.57 bits per heavy atom. The van der Waals surface area contributed by atoms with Crippen LogP contribution in [-0.2, 0) is 16.1 Å². The number of rotatable bonds is 8. The third-order valence-corrected chi connectivity index (χ3v) is 4.19. The second kappa shape index (κ2) is 7.97. The molecule has 1 rings (SSSR count). The number of carbonyl (C=O) groups is 2. The van der Waals surface area contributed by atoms with E-state index >= 15 is 0 Å². The molecule has 1 atom stereocenters. The lowest BCUT2D eigenvalue weighted by Crippen LogP contribution is -2.40. The number of aromatic nitrogens is 1. The van der Waals surface area contributed by atoms with Crippen LogP contribution in [0.2, 0.25) is 0 Å². The van der Waals surface area contributed by atoms with Gasteiger partial charge in [-0.05, 0) is 19.3 Å². The van der Waals surface area contributed by atoms with Crippen molar-refractivity contribution in [3.8, 4) is 0 Å². The number of aryl methyl sites for hydroxylation is 1. The van der Waals surface area contributed by atoms with Crippen LogP contribution in [0.3, 0.4) is 0 Å². The summed E-state index contributed by atoms with van der Waals surface area (Å²) in [5.74, 6) is -1.03. The van der Waals surface area contributed by atoms with Gasteiger partial charge in [0.2, 0.25) is 5.91 Å². The predicted octanol–water partition coefficient (Wildman–Crippen LogP) is 1.61. The molecule has 1 heterocycles. The number of amides is 1. The van der Waals surface area contributed by atoms with Crippen molar-refractivity contribution in [3.63, 3.8) is 0 Å². The molecule has 2 N–H and O–H groups in total. The van der Waals surface area contributed by atoms with Crippen molar-refractivity contribution in [3.05, 3.63) is 20.7 Å². The smallest absolute Gasteiger partial charge is 0.307 e. The Balaban J connectivity index is 2.43. The fourth-order valence-corrected chi connectivity index (χ4v) is 2.75. The summed E-state index contributed by atoms with van der Waals surface area (Å²) < 4.78 is 1.65. The van der Waals surface area contributed by atoms with Crippen LogP contribution in [0.25, 0.3) is 0 Å². The zero-order chi connectivity index (χ0) is 16.0. The molecule has 0 bridgehead atoms. The molecule has 0 radical (unpaired) electrons. The van der Waals surface area contributed by atoms with Gasteiger partial charge in [-0.2, -0.15) is 0 Å². The molecule has 7 heteroatoms. The van der Waals surface area contributed by atoms with Gasteiger partial charge in [-0.3, -0.25) is 14.4 Å². The Morgan fingerprint density at radius 1 is 1.43 bits per heavy atom. The third kappa shape index (κ3) is 5.71. The number of aliphatic carboxylic acids is 1. The molecule has 118 valence electrons. The highest BCUT2D eigenvalue weighted by Gasteiger charge is 2.19. The lowest BCUT2D eigenvalue weighted by Gasteiger charge is -2.20. The number of hydrogen-bond donors (Lipinski definition) is 2. The maximum Gasteiger partial charge on any atom is 0.307 e. The van der Waals surface area contributed by atoms with Crippen LogP contribution in [0.4, 0.5) is 0 Å². The molecule has 0 aliphatic carbocycles. The highest BCUT2D eigenvalue weighted by atomic mass is 32.1. The zero-order valence-electron chi connectivity index (χ0n) is 12.6. The number of nitrogens with one attached hydrogen (secondary N) is 1. The Kier molecular flexibility index (Phi) is 6.61. The van der Waals surface area contributed by atoms with Gasteiger partial charge >= 0.3 is 10.8 Å². The fraction of sp³-hybridized carbons (Fsp3) is 0.643. The zero-order valence-corrected chi connectivity index (χ0v) is 13.4. The first kappa shape index (κ1) is 17.4. The van der Waals surface area contributed by atoms with E-state index in [4.69, 9.17) is 5.11 Å². The first-order valence-electron chi connectivity index (χ1n) is 6.97. The van der Waals surface area contributed by atoms with Crippen molar-refractivity contribution in [1.82, 2.24) is 9.88 Å². The van der Waals surface area contributed by atoms with Gasteiger partial charge in [0.05, 0.1) is 6.42 Å². The first-order valence-corrected chi connectivity index (χ1v) is 7.85. The van der Waals surface area contributed by atoms with Gasteiger partial charge in [0.15, 0.2) is 0 Å². The van der Waals surface area contributed by atoms with E-state index in [-0.39, 0.29) is 35.6 Å². The quantitative estimate of drug-likeness (QED) is 0.763. The standard InChI is InChI=1S/C14H22N2O4S/c1-9(2)11(7-13(18)19)15-12(17)5-4-6-16-10(3)8-21-14(16)20/h8-9,11H,4-7H2,1-3H3,(H,15,17)(H,18,19). The molecule has 1 aromatic rings. The van der Waals surface area contributed by atoms with Crippen molar-refractivity contribution in [1.29, 1.82) is 0 Å². The average Bonchev–Trinajstić information content (AvgIpc) is 2.69. The van der Waals surface area contributed by atoms with Crippen LogP contribution in [0.5, 0.6) is 0 Å². The largest absolute Gasteiger partial charge is 0.481 e. The van der Waals surface area contributed by atoms with E-state index in [1.165, 1.54) is 0 Å². The molecule has 1 unspecified atom stereocenters. The van der Waals surface area contributed by atoms with E-state index in [1.54, 1.807) is 9.95 Å². The molecule has 0 aromatic carbocycles. The Morgan fingerprint density at radius 2 is 2.10 bits per heavy atom. The molecule has 21 heavy (non-hydrogen) atoms. The molecule has 0 aliphatic rings. The topological polar surface area (TPSA) is 88.4 Å². The minimum Gasteiger partial charge on any atom is -0.481 e. The number of nitrogens with zero attached hydrogens (tertiary/aromatic N) is 1. The van der Waals surface area contributed by atoms with E-state index in [0.717, 1.165) is 17.0 Å². The SMILES string of the molecule is Cc1csc(=O)n1CCCC(=O)NC(CC(=O)O)C(C)C. The molecule has 0 saturated carbocycles. The van der Waals surface area contributed by atoms with Crippen LogP contribution in [-0.4, -0.2) is 27.6 Å². The van der Waals surface area contributed by atoms with E-state index in [2.05, 4.69) is 5.32 Å². The summed E-state index contributed by atoms with van der Waals surface area (Å²) in [5, 5.41) is 13.4. The predicted molar refractivity (Wildman–Crippen MR) is 81.6 cm³/mol. The maximum absolute atomic E-state index is 11.8. The van der Waals surface area contributed by atoms with E-state index < -0.39 is 5.97 Å². The van der Waals surface area contributed by atoms with Gasteiger partial charge in [-0.1, -0.05) is 25.2 Å². The number of carbonyl (C=O) groups excluding carboxylic acids is 1. The van der Waals surface area contributed by atoms with Crippen molar-refractivity contribution in [2.45, 2.75) is 52.6 Å². The van der Waals surface area contributed by atoms with Crippen LogP contribution >= 0.6 is 11.3 Å². The summed E-state index contributed by atoms with van der Waals surface area (Å²) in [5.41, 5.74) is 0.899. The minimum atomic E-state index is -0.922. The van der Waals surface area contributed by atoms with Crippen molar-refractivity contribution < 1.29 is 14.7 Å². The molecule has 0 spiro atoms. The van der Waals surface area contributed by atoms with Crippen molar-refractivity contribution in [2.75, 3.05) is 0 Å². The Bertz CT molecular complexity index is 547. The molecule has 1 aromatic heterocycles. The van der Waals surface area contributed by atoms with Gasteiger partial charge in [0, 0.05) is 30.1 Å². The van der Waals surface area contributed by atoms with Gasteiger partial charge in [-0.15, -0.1) is 0 Å². The fourth-order valence-electron chi connectivity index (χ4n) is 1.99. The summed E-state index contributed by atoms with van der Waals surface area (Å²) in [6.45, 7) is 6.12. The monoisotopic (exact) mass is 314 g/mol. The Labute approximate surface area is 127 Å². The lowest BCUT2D eigenvalue weighted by atomic mass is 10.0. The summed E-state index contributed by atoms with van der Waals surface area (Å²) in [4.78, 5) is 34.1. The molecule has 1 amide bonds. The average molecular weight is 314 g/mol. The maximum atomic E-state index is 11.8. The van der Waals surface area contributed by atoms with E-state index in [1.807, 2.05) is 20.8 Å². The number of carboxylic acids is 1. The minimum absolute atomic E-state index is 0.0150. The van der Waals surface area contributed by atoms with Gasteiger partial charge in [-0.25, -0.2) is 0 Å². The van der Waals surface area contributed by atoms with Crippen molar-refractivity contribution >= 4 is 23.2 Å². The van der Waals surface area contributed by atoms with Gasteiger partial charge in [0.1, 0.15) is 0 Å². The van der Waals surface area contributed by atoms with E-state index in [0.29, 0.717) is 13.0 Å². The molecule has 0 aliphatic heterocycles. The van der Waals surface area contributed by atoms with Crippen LogP contribution in [0.15, 0.2) is 10.2 Å². The third-order valence-electron chi connectivity index (χ3n) is 3.31. The summed E-state index contributed by atoms with van der Waals surface area (Å²) in [6, 6.07) is -0.361. The Hall–Kier alpha value is -1.63. The molecular formula is C14H22N2O4S. The highest BCUT2D eigenvalue weighted by molar-refractivity contribution is 7.07. The molecular weight excluding hydrogens is 292 g/mol. The molecule has 0 saturated heterocycles. The normalized spacial score (nSPS) is 12.4. The number of carboxylic acid groups (broad SMARTS) is 1. The summed E-state index contributed by atoms with van der Waals surface area (Å²) in [7, 11) is 0. The number of thiazole rings is 1. The number of hydrogen-bond acceptors (Lipinski definition) is 4. The second-order valence-corrected chi connectivity index (χ2v) is 6.23. The van der Waals surface area contributed by atoms with Crippen LogP contribution in [0, 0.1) is 12.8 Å². The summed E-state index contributed by atoms with van der Waals surface area (Å²) in [6.07, 6.45) is 0.762. The first-order chi connectivity index (χ1) is 9.81. The van der Waals surface area contributed by atoms with Crippen LogP contribution < -0.4 is 10.2 Å². The van der Waals surface area contributed by atoms with Crippen molar-refractivity contribution in [2.24, 2.45) is 5.92 Å². The highest BCUT2D eigenvalue weighted by Crippen LogP contribution is 2.07. The molecule has 6 nitrogen and oxygen atoms in total. The van der Waals surface area contributed by atoms with Crippen LogP contribution in [0.1, 0.15) is 38.8 Å². The van der Waals surface area contributed by atoms with Gasteiger partial charge < -0.3 is 15.0 Å². The van der Waals surface area contributed by atoms with Gasteiger partial charge in [0.25, 0.3) is 0 Å². The lowest BCUT2D eigenvalue weighted by molar-refractivity contribution is -0.138. The van der Waals surface area contributed by atoms with E-state index in [9.17, 15) is 14.4 Å². The molecule has 0 fully saturated rings.